The highest BCUT2D eigenvalue weighted by atomic mass is 16.5. The molecule has 1 aliphatic rings. The van der Waals surface area contributed by atoms with Crippen molar-refractivity contribution in [3.8, 4) is 12.3 Å². The summed E-state index contributed by atoms with van der Waals surface area (Å²) in [4.78, 5) is 11.1. The van der Waals surface area contributed by atoms with Gasteiger partial charge in [-0.25, -0.2) is 4.79 Å². The van der Waals surface area contributed by atoms with Crippen molar-refractivity contribution in [2.24, 2.45) is 0 Å². The van der Waals surface area contributed by atoms with Crippen molar-refractivity contribution in [2.45, 2.75) is 25.9 Å². The number of aliphatic hydroxyl groups excluding tert-OH is 1. The van der Waals surface area contributed by atoms with Gasteiger partial charge >= 0.3 is 5.97 Å². The van der Waals surface area contributed by atoms with Crippen LogP contribution in [0.25, 0.3) is 0 Å². The van der Waals surface area contributed by atoms with Crippen molar-refractivity contribution in [1.82, 2.24) is 0 Å². The molecular formula is C9H10O3. The first-order valence-corrected chi connectivity index (χ1v) is 3.70. The molecule has 0 saturated heterocycles. The van der Waals surface area contributed by atoms with Crippen LogP contribution in [0.4, 0.5) is 0 Å². The number of carbonyl (C=O) groups is 1. The van der Waals surface area contributed by atoms with E-state index in [0.717, 1.165) is 0 Å². The van der Waals surface area contributed by atoms with E-state index in [1.165, 1.54) is 0 Å². The highest BCUT2D eigenvalue weighted by Gasteiger charge is 2.25. The van der Waals surface area contributed by atoms with Crippen LogP contribution in [0.1, 0.15) is 19.8 Å². The van der Waals surface area contributed by atoms with E-state index < -0.39 is 5.97 Å². The molecule has 1 N–H and O–H groups in total. The van der Waals surface area contributed by atoms with Crippen molar-refractivity contribution in [2.75, 3.05) is 0 Å². The number of cyclic esters (lactones) is 1. The Morgan fingerprint density at radius 3 is 3.00 bits per heavy atom. The summed E-state index contributed by atoms with van der Waals surface area (Å²) in [5, 5.41) is 9.32. The van der Waals surface area contributed by atoms with Crippen LogP contribution in [-0.2, 0) is 9.53 Å². The molecule has 0 saturated carbocycles. The lowest BCUT2D eigenvalue weighted by atomic mass is 10.1. The van der Waals surface area contributed by atoms with E-state index in [2.05, 4.69) is 5.92 Å². The number of aliphatic hydroxyl groups is 1. The Kier molecular flexibility index (Phi) is 2.39. The molecule has 64 valence electrons. The van der Waals surface area contributed by atoms with Gasteiger partial charge in [-0.15, -0.1) is 12.3 Å². The summed E-state index contributed by atoms with van der Waals surface area (Å²) in [7, 11) is 0. The summed E-state index contributed by atoms with van der Waals surface area (Å²) in [6, 6.07) is 0. The zero-order valence-electron chi connectivity index (χ0n) is 6.83. The van der Waals surface area contributed by atoms with Gasteiger partial charge in [-0.1, -0.05) is 0 Å². The van der Waals surface area contributed by atoms with Crippen LogP contribution >= 0.6 is 0 Å². The number of rotatable bonds is 1. The lowest BCUT2D eigenvalue weighted by molar-refractivity contribution is -0.145. The number of esters is 1. The van der Waals surface area contributed by atoms with Crippen LogP contribution < -0.4 is 0 Å². The van der Waals surface area contributed by atoms with Gasteiger partial charge in [0.2, 0.25) is 0 Å². The smallest absolute Gasteiger partial charge is 0.338 e. The minimum Gasteiger partial charge on any atom is -0.512 e. The average Bonchev–Trinajstić information content (AvgIpc) is 1.96. The Hall–Kier alpha value is -1.43. The summed E-state index contributed by atoms with van der Waals surface area (Å²) in [6.45, 7) is 1.72. The van der Waals surface area contributed by atoms with Crippen LogP contribution in [0.3, 0.4) is 0 Å². The SMILES string of the molecule is C#CCC1=C(O)CC(C)OC1=O. The van der Waals surface area contributed by atoms with Crippen LogP contribution in [0.2, 0.25) is 0 Å². The average molecular weight is 166 g/mol. The Morgan fingerprint density at radius 1 is 1.83 bits per heavy atom. The summed E-state index contributed by atoms with van der Waals surface area (Å²) < 4.78 is 4.87. The first-order valence-electron chi connectivity index (χ1n) is 3.70. The van der Waals surface area contributed by atoms with E-state index in [1.54, 1.807) is 6.92 Å². The fourth-order valence-electron chi connectivity index (χ4n) is 1.09. The molecule has 3 heteroatoms. The van der Waals surface area contributed by atoms with Crippen molar-refractivity contribution < 1.29 is 14.6 Å². The molecule has 0 bridgehead atoms. The highest BCUT2D eigenvalue weighted by molar-refractivity contribution is 5.90. The lowest BCUT2D eigenvalue weighted by Gasteiger charge is -2.20. The molecule has 1 aliphatic heterocycles. The van der Waals surface area contributed by atoms with Gasteiger partial charge in [-0.2, -0.15) is 0 Å². The zero-order chi connectivity index (χ0) is 9.14. The molecule has 1 atom stereocenters. The van der Waals surface area contributed by atoms with Gasteiger partial charge in [0.15, 0.2) is 0 Å². The summed E-state index contributed by atoms with van der Waals surface area (Å²) >= 11 is 0. The van der Waals surface area contributed by atoms with E-state index in [1.807, 2.05) is 0 Å². The first kappa shape index (κ1) is 8.66. The molecule has 3 nitrogen and oxygen atoms in total. The fraction of sp³-hybridized carbons (Fsp3) is 0.444. The minimum atomic E-state index is -0.496. The quantitative estimate of drug-likeness (QED) is 0.469. The maximum Gasteiger partial charge on any atom is 0.338 e. The molecule has 0 aliphatic carbocycles. The Morgan fingerprint density at radius 2 is 2.50 bits per heavy atom. The monoisotopic (exact) mass is 166 g/mol. The predicted octanol–water partition coefficient (Wildman–Crippen LogP) is 1.16. The second kappa shape index (κ2) is 3.31. The number of hydrogen-bond acceptors (Lipinski definition) is 3. The first-order chi connectivity index (χ1) is 5.65. The molecule has 0 aromatic heterocycles. The lowest BCUT2D eigenvalue weighted by Crippen LogP contribution is -2.24. The number of ether oxygens (including phenoxy) is 1. The molecule has 0 spiro atoms. The Bertz CT molecular complexity index is 270. The standard InChI is InChI=1S/C9H10O3/c1-3-4-7-8(10)5-6(2)12-9(7)11/h1,6,10H,4-5H2,2H3. The number of terminal acetylenes is 1. The summed E-state index contributed by atoms with van der Waals surface area (Å²) in [5.74, 6) is 1.86. The van der Waals surface area contributed by atoms with Gasteiger partial charge in [0.1, 0.15) is 11.9 Å². The Labute approximate surface area is 71.0 Å². The van der Waals surface area contributed by atoms with Crippen LogP contribution in [0.5, 0.6) is 0 Å². The molecule has 0 radical (unpaired) electrons. The third kappa shape index (κ3) is 1.59. The highest BCUT2D eigenvalue weighted by Crippen LogP contribution is 2.21. The van der Waals surface area contributed by atoms with Crippen LogP contribution in [0, 0.1) is 12.3 Å². The van der Waals surface area contributed by atoms with E-state index in [-0.39, 0.29) is 23.9 Å². The molecule has 12 heavy (non-hydrogen) atoms. The van der Waals surface area contributed by atoms with Gasteiger partial charge in [0.05, 0.1) is 5.57 Å². The minimum absolute atomic E-state index is 0.0664. The third-order valence-electron chi connectivity index (χ3n) is 1.66. The molecule has 0 aromatic carbocycles. The largest absolute Gasteiger partial charge is 0.512 e. The Balaban J connectivity index is 2.87. The van der Waals surface area contributed by atoms with Gasteiger partial charge in [-0.3, -0.25) is 0 Å². The summed E-state index contributed by atoms with van der Waals surface area (Å²) in [6.07, 6.45) is 5.26. The summed E-state index contributed by atoms with van der Waals surface area (Å²) in [5.41, 5.74) is 0.218. The molecule has 1 rings (SSSR count). The van der Waals surface area contributed by atoms with E-state index in [0.29, 0.717) is 6.42 Å². The normalized spacial score (nSPS) is 23.3. The van der Waals surface area contributed by atoms with E-state index in [9.17, 15) is 9.90 Å². The molecule has 0 aromatic rings. The van der Waals surface area contributed by atoms with Gasteiger partial charge in [0, 0.05) is 12.8 Å². The van der Waals surface area contributed by atoms with E-state index >= 15 is 0 Å². The predicted molar refractivity (Wildman–Crippen MR) is 43.3 cm³/mol. The molecule has 1 heterocycles. The van der Waals surface area contributed by atoms with Crippen molar-refractivity contribution in [3.05, 3.63) is 11.3 Å². The van der Waals surface area contributed by atoms with Crippen molar-refractivity contribution in [3.63, 3.8) is 0 Å². The van der Waals surface area contributed by atoms with Gasteiger partial charge in [-0.05, 0) is 6.92 Å². The maximum absolute atomic E-state index is 11.1. The van der Waals surface area contributed by atoms with Crippen molar-refractivity contribution >= 4 is 5.97 Å². The van der Waals surface area contributed by atoms with E-state index in [4.69, 9.17) is 11.2 Å². The second-order valence-electron chi connectivity index (χ2n) is 2.73. The van der Waals surface area contributed by atoms with Gasteiger partial charge in [0.25, 0.3) is 0 Å². The molecule has 1 unspecified atom stereocenters. The third-order valence-corrected chi connectivity index (χ3v) is 1.66. The molecule has 0 fully saturated rings. The van der Waals surface area contributed by atoms with Crippen LogP contribution in [-0.4, -0.2) is 17.2 Å². The second-order valence-corrected chi connectivity index (χ2v) is 2.73. The molecular weight excluding hydrogens is 156 g/mol. The van der Waals surface area contributed by atoms with Crippen molar-refractivity contribution in [1.29, 1.82) is 0 Å². The zero-order valence-corrected chi connectivity index (χ0v) is 6.83. The van der Waals surface area contributed by atoms with Crippen LogP contribution in [0.15, 0.2) is 11.3 Å². The number of hydrogen-bond donors (Lipinski definition) is 1. The maximum atomic E-state index is 11.1. The van der Waals surface area contributed by atoms with Gasteiger partial charge < -0.3 is 9.84 Å². The topological polar surface area (TPSA) is 46.5 Å². The molecule has 0 amide bonds. The number of carbonyl (C=O) groups excluding carboxylic acids is 1. The fourth-order valence-corrected chi connectivity index (χ4v) is 1.09.